The van der Waals surface area contributed by atoms with Gasteiger partial charge in [0.2, 0.25) is 5.82 Å². The highest BCUT2D eigenvalue weighted by molar-refractivity contribution is 7.15. The van der Waals surface area contributed by atoms with Gasteiger partial charge in [0.05, 0.1) is 5.60 Å². The number of rotatable bonds is 6. The van der Waals surface area contributed by atoms with Crippen molar-refractivity contribution in [2.75, 3.05) is 32.5 Å². The molecule has 0 spiro atoms. The first-order valence-corrected chi connectivity index (χ1v) is 6.89. The Bertz CT molecular complexity index is 619. The summed E-state index contributed by atoms with van der Waals surface area (Å²) in [6, 6.07) is 0. The molecule has 1 unspecified atom stereocenters. The standard InChI is InChI=1S/C11H17N5O3S/c1-11(17,7-14(2)3)6-12-8-9(16(18)19)15-4-5-20-10(15)13-8/h4-5,12,17H,6-7H2,1-3H3. The smallest absolute Gasteiger partial charge is 0.372 e. The molecule has 9 heteroatoms. The molecule has 0 amide bonds. The van der Waals surface area contributed by atoms with Crippen molar-refractivity contribution in [3.63, 3.8) is 0 Å². The predicted octanol–water partition coefficient (Wildman–Crippen LogP) is 1.03. The van der Waals surface area contributed by atoms with E-state index < -0.39 is 10.5 Å². The number of hydrogen-bond acceptors (Lipinski definition) is 7. The third-order valence-corrected chi connectivity index (χ3v) is 3.46. The predicted molar refractivity (Wildman–Crippen MR) is 77.4 cm³/mol. The zero-order valence-electron chi connectivity index (χ0n) is 11.5. The number of hydrogen-bond donors (Lipinski definition) is 2. The Labute approximate surface area is 119 Å². The van der Waals surface area contributed by atoms with Crippen LogP contribution in [-0.2, 0) is 0 Å². The summed E-state index contributed by atoms with van der Waals surface area (Å²) in [5.74, 6) is 0.0720. The van der Waals surface area contributed by atoms with E-state index in [0.29, 0.717) is 11.5 Å². The maximum Gasteiger partial charge on any atom is 0.372 e. The first-order valence-electron chi connectivity index (χ1n) is 6.01. The minimum atomic E-state index is -1.01. The highest BCUT2D eigenvalue weighted by Gasteiger charge is 2.27. The molecule has 2 aromatic heterocycles. The van der Waals surface area contributed by atoms with Crippen LogP contribution in [0.25, 0.3) is 4.96 Å². The lowest BCUT2D eigenvalue weighted by atomic mass is 10.1. The van der Waals surface area contributed by atoms with Crippen LogP contribution in [0.5, 0.6) is 0 Å². The quantitative estimate of drug-likeness (QED) is 0.611. The number of nitrogens with zero attached hydrogens (tertiary/aromatic N) is 4. The summed E-state index contributed by atoms with van der Waals surface area (Å²) in [5.41, 5.74) is -1.01. The third kappa shape index (κ3) is 3.06. The molecule has 0 saturated carbocycles. The topological polar surface area (TPSA) is 95.9 Å². The van der Waals surface area contributed by atoms with Crippen molar-refractivity contribution >= 4 is 27.9 Å². The Kier molecular flexibility index (Phi) is 3.93. The number of anilines is 1. The SMILES string of the molecule is CN(C)CC(C)(O)CNc1nc2sccn2c1[N+](=O)[O-]. The van der Waals surface area contributed by atoms with E-state index in [2.05, 4.69) is 10.3 Å². The van der Waals surface area contributed by atoms with Gasteiger partial charge in [-0.2, -0.15) is 9.38 Å². The molecule has 0 aliphatic heterocycles. The fourth-order valence-corrected chi connectivity index (χ4v) is 2.79. The number of aromatic nitrogens is 2. The summed E-state index contributed by atoms with van der Waals surface area (Å²) in [5, 5.41) is 25.9. The molecule has 0 aromatic carbocycles. The molecule has 0 saturated heterocycles. The maximum atomic E-state index is 11.1. The second-order valence-electron chi connectivity index (χ2n) is 5.18. The van der Waals surface area contributed by atoms with Gasteiger partial charge in [-0.15, -0.1) is 0 Å². The second-order valence-corrected chi connectivity index (χ2v) is 6.06. The van der Waals surface area contributed by atoms with Gasteiger partial charge in [0.25, 0.3) is 4.96 Å². The summed E-state index contributed by atoms with van der Waals surface area (Å²) in [6.07, 6.45) is 1.61. The number of nitro groups is 1. The summed E-state index contributed by atoms with van der Waals surface area (Å²) >= 11 is 1.32. The van der Waals surface area contributed by atoms with Crippen molar-refractivity contribution in [3.05, 3.63) is 21.7 Å². The molecule has 0 aliphatic carbocycles. The lowest BCUT2D eigenvalue weighted by Crippen LogP contribution is -2.43. The molecule has 20 heavy (non-hydrogen) atoms. The molecule has 110 valence electrons. The molecule has 2 heterocycles. The van der Waals surface area contributed by atoms with Crippen LogP contribution in [0.4, 0.5) is 11.6 Å². The van der Waals surface area contributed by atoms with Gasteiger partial charge >= 0.3 is 5.82 Å². The van der Waals surface area contributed by atoms with Gasteiger partial charge in [0, 0.05) is 18.5 Å². The Balaban J connectivity index is 2.19. The molecule has 0 bridgehead atoms. The Morgan fingerprint density at radius 3 is 2.95 bits per heavy atom. The molecule has 1 atom stereocenters. The zero-order chi connectivity index (χ0) is 14.9. The van der Waals surface area contributed by atoms with Crippen molar-refractivity contribution in [2.45, 2.75) is 12.5 Å². The van der Waals surface area contributed by atoms with Gasteiger partial charge < -0.3 is 25.4 Å². The normalized spacial score (nSPS) is 14.7. The summed E-state index contributed by atoms with van der Waals surface area (Å²) in [7, 11) is 3.70. The summed E-state index contributed by atoms with van der Waals surface area (Å²) < 4.78 is 1.42. The van der Waals surface area contributed by atoms with Crippen molar-refractivity contribution < 1.29 is 10.0 Å². The van der Waals surface area contributed by atoms with E-state index in [1.54, 1.807) is 18.5 Å². The Morgan fingerprint density at radius 2 is 2.35 bits per heavy atom. The van der Waals surface area contributed by atoms with Crippen molar-refractivity contribution in [2.24, 2.45) is 0 Å². The van der Waals surface area contributed by atoms with Gasteiger partial charge in [0.15, 0.2) is 0 Å². The number of nitrogens with one attached hydrogen (secondary N) is 1. The summed E-state index contributed by atoms with van der Waals surface area (Å²) in [6.45, 7) is 2.29. The van der Waals surface area contributed by atoms with Crippen molar-refractivity contribution in [1.29, 1.82) is 0 Å². The fraction of sp³-hybridized carbons (Fsp3) is 0.545. The molecular formula is C11H17N5O3S. The van der Waals surface area contributed by atoms with Crippen molar-refractivity contribution in [1.82, 2.24) is 14.3 Å². The van der Waals surface area contributed by atoms with E-state index in [9.17, 15) is 15.2 Å². The average Bonchev–Trinajstić information content (AvgIpc) is 2.82. The zero-order valence-corrected chi connectivity index (χ0v) is 12.3. The molecule has 8 nitrogen and oxygen atoms in total. The Hall–Kier alpha value is -1.71. The van der Waals surface area contributed by atoms with Crippen LogP contribution < -0.4 is 5.32 Å². The highest BCUT2D eigenvalue weighted by Crippen LogP contribution is 2.28. The van der Waals surface area contributed by atoms with E-state index in [0.717, 1.165) is 0 Å². The van der Waals surface area contributed by atoms with Crippen LogP contribution >= 0.6 is 11.3 Å². The summed E-state index contributed by atoms with van der Waals surface area (Å²) in [4.78, 5) is 17.2. The molecule has 2 aromatic rings. The second kappa shape index (κ2) is 5.35. The minimum absolute atomic E-state index is 0.109. The van der Waals surface area contributed by atoms with Gasteiger partial charge in [-0.3, -0.25) is 0 Å². The molecule has 2 N–H and O–H groups in total. The number of thiazole rings is 1. The maximum absolute atomic E-state index is 11.1. The van der Waals surface area contributed by atoms with Crippen LogP contribution in [-0.4, -0.2) is 57.1 Å². The number of imidazole rings is 1. The van der Waals surface area contributed by atoms with Gasteiger partial charge in [-0.05, 0) is 25.9 Å². The molecule has 0 radical (unpaired) electrons. The monoisotopic (exact) mass is 299 g/mol. The van der Waals surface area contributed by atoms with E-state index >= 15 is 0 Å². The lowest BCUT2D eigenvalue weighted by Gasteiger charge is -2.26. The van der Waals surface area contributed by atoms with Crippen LogP contribution in [0.2, 0.25) is 0 Å². The average molecular weight is 299 g/mol. The van der Waals surface area contributed by atoms with Crippen LogP contribution in [0.1, 0.15) is 6.92 Å². The van der Waals surface area contributed by atoms with Crippen LogP contribution in [0.15, 0.2) is 11.6 Å². The first-order chi connectivity index (χ1) is 9.30. The van der Waals surface area contributed by atoms with Gasteiger partial charge in [0.1, 0.15) is 6.20 Å². The lowest BCUT2D eigenvalue weighted by molar-refractivity contribution is -0.389. The third-order valence-electron chi connectivity index (χ3n) is 2.70. The molecule has 0 fully saturated rings. The number of likely N-dealkylation sites (N-methyl/N-ethyl adjacent to an activating group) is 1. The van der Waals surface area contributed by atoms with E-state index in [1.165, 1.54) is 15.7 Å². The molecule has 0 aliphatic rings. The van der Waals surface area contributed by atoms with Gasteiger partial charge in [-0.1, -0.05) is 11.3 Å². The molecular weight excluding hydrogens is 282 g/mol. The van der Waals surface area contributed by atoms with Crippen LogP contribution in [0.3, 0.4) is 0 Å². The molecule has 2 rings (SSSR count). The highest BCUT2D eigenvalue weighted by atomic mass is 32.1. The Morgan fingerprint density at radius 1 is 1.65 bits per heavy atom. The van der Waals surface area contributed by atoms with E-state index in [-0.39, 0.29) is 18.2 Å². The minimum Gasteiger partial charge on any atom is -0.387 e. The van der Waals surface area contributed by atoms with E-state index in [1.807, 2.05) is 19.0 Å². The van der Waals surface area contributed by atoms with Crippen molar-refractivity contribution in [3.8, 4) is 0 Å². The number of aliphatic hydroxyl groups is 1. The largest absolute Gasteiger partial charge is 0.387 e. The number of fused-ring (bicyclic) bond motifs is 1. The van der Waals surface area contributed by atoms with E-state index in [4.69, 9.17) is 0 Å². The fourth-order valence-electron chi connectivity index (χ4n) is 2.08. The first kappa shape index (κ1) is 14.7. The van der Waals surface area contributed by atoms with Gasteiger partial charge in [-0.25, -0.2) is 0 Å². The van der Waals surface area contributed by atoms with Crippen LogP contribution in [0, 0.1) is 10.1 Å².